The molecule has 1 aromatic heterocycles. The highest BCUT2D eigenvalue weighted by Crippen LogP contribution is 2.12. The molecule has 1 aromatic rings. The minimum Gasteiger partial charge on any atom is -0.462 e. The van der Waals surface area contributed by atoms with Crippen LogP contribution in [-0.2, 0) is 9.47 Å². The van der Waals surface area contributed by atoms with Gasteiger partial charge in [0.15, 0.2) is 6.29 Å². The molecule has 0 aromatic carbocycles. The third-order valence-electron chi connectivity index (χ3n) is 1.96. The molecule has 1 rings (SSSR count). The molecule has 1 heterocycles. The van der Waals surface area contributed by atoms with E-state index < -0.39 is 11.9 Å². The van der Waals surface area contributed by atoms with Gasteiger partial charge in [0.2, 0.25) is 0 Å². The molecule has 0 aliphatic carbocycles. The first-order valence-corrected chi connectivity index (χ1v) is 5.16. The highest BCUT2D eigenvalue weighted by molar-refractivity contribution is 6.01. The van der Waals surface area contributed by atoms with Crippen molar-refractivity contribution in [2.24, 2.45) is 0 Å². The van der Waals surface area contributed by atoms with Crippen LogP contribution in [0, 0.1) is 0 Å². The third kappa shape index (κ3) is 2.93. The van der Waals surface area contributed by atoms with Gasteiger partial charge in [0.05, 0.1) is 24.5 Å². The Kier molecular flexibility index (Phi) is 4.45. The fourth-order valence-corrected chi connectivity index (χ4v) is 1.26. The summed E-state index contributed by atoms with van der Waals surface area (Å²) in [7, 11) is 0. The molecular formula is C11H13NO5. The highest BCUT2D eigenvalue weighted by atomic mass is 16.6. The molecule has 0 fully saturated rings. The standard InChI is InChI=1S/C11H13NO5/c1-3-16-10(14)7-5-8(11(15)17-4-2)12-9(7)6-13/h5-6,12H,3-4H2,1-2H3/i6+1,7+1,9+1,10+1,12+1. The molecule has 0 saturated carbocycles. The van der Waals surface area contributed by atoms with Gasteiger partial charge < -0.3 is 14.5 Å². The molecule has 0 radical (unpaired) electrons. The van der Waals surface area contributed by atoms with Gasteiger partial charge in [0, 0.05) is 0 Å². The maximum Gasteiger partial charge on any atom is 0.354 e. The Balaban J connectivity index is 3.02. The van der Waals surface area contributed by atoms with Crippen molar-refractivity contribution in [3.8, 4) is 0 Å². The molecule has 0 spiro atoms. The van der Waals surface area contributed by atoms with Gasteiger partial charge in [-0.1, -0.05) is 0 Å². The van der Waals surface area contributed by atoms with E-state index >= 15 is 0 Å². The average Bonchev–Trinajstić information content (AvgIpc) is 2.73. The van der Waals surface area contributed by atoms with E-state index in [1.807, 2.05) is 0 Å². The lowest BCUT2D eigenvalue weighted by Crippen LogP contribution is -2.06. The van der Waals surface area contributed by atoms with Gasteiger partial charge >= 0.3 is 11.9 Å². The van der Waals surface area contributed by atoms with Crippen LogP contribution in [0.2, 0.25) is 0 Å². The summed E-state index contributed by atoms with van der Waals surface area (Å²) in [5, 5.41) is 0. The monoisotopic (exact) mass is 244 g/mol. The summed E-state index contributed by atoms with van der Waals surface area (Å²) >= 11 is 0. The number of esters is 2. The van der Waals surface area contributed by atoms with E-state index in [4.69, 9.17) is 9.47 Å². The Hall–Kier alpha value is -2.11. The van der Waals surface area contributed by atoms with Gasteiger partial charge in [0.25, 0.3) is 0 Å². The van der Waals surface area contributed by atoms with Gasteiger partial charge in [-0.3, -0.25) is 4.79 Å². The summed E-state index contributed by atoms with van der Waals surface area (Å²) in [6.07, 6.45) is 0.453. The van der Waals surface area contributed by atoms with E-state index in [9.17, 15) is 14.4 Å². The third-order valence-corrected chi connectivity index (χ3v) is 1.96. The van der Waals surface area contributed by atoms with Crippen molar-refractivity contribution < 1.29 is 23.9 Å². The van der Waals surface area contributed by atoms with Crippen LogP contribution in [0.5, 0.6) is 0 Å². The van der Waals surface area contributed by atoms with Crippen molar-refractivity contribution in [3.05, 3.63) is 23.0 Å². The fourth-order valence-electron chi connectivity index (χ4n) is 1.26. The number of aromatic amines is 1. The maximum atomic E-state index is 11.5. The first-order valence-electron chi connectivity index (χ1n) is 5.16. The Morgan fingerprint density at radius 3 is 2.35 bits per heavy atom. The van der Waals surface area contributed by atoms with Gasteiger partial charge in [-0.05, 0) is 19.9 Å². The predicted octanol–water partition coefficient (Wildman–Crippen LogP) is 1.18. The second-order valence-electron chi connectivity index (χ2n) is 3.07. The van der Waals surface area contributed by atoms with Gasteiger partial charge in [-0.25, -0.2) is 9.59 Å². The van der Waals surface area contributed by atoms with Gasteiger partial charge in [-0.2, -0.15) is 0 Å². The molecule has 6 heteroatoms. The van der Waals surface area contributed by atoms with Crippen LogP contribution in [0.4, 0.5) is 0 Å². The molecule has 0 bridgehead atoms. The molecule has 0 aliphatic heterocycles. The quantitative estimate of drug-likeness (QED) is 0.477. The number of carbonyl (C=O) groups is 3. The van der Waals surface area contributed by atoms with Crippen LogP contribution in [0.1, 0.15) is 45.2 Å². The SMILES string of the molecule is CCOC(=O)c1c[13c]([13C](=O)OCC)[13c]([13CH]=O)[15nH]1. The van der Waals surface area contributed by atoms with Crippen molar-refractivity contribution in [2.75, 3.05) is 13.2 Å². The largest absolute Gasteiger partial charge is 0.462 e. The Morgan fingerprint density at radius 1 is 1.24 bits per heavy atom. The van der Waals surface area contributed by atoms with Crippen molar-refractivity contribution in [1.82, 2.24) is 4.98 Å². The summed E-state index contributed by atoms with van der Waals surface area (Å²) in [5.74, 6) is -1.27. The summed E-state index contributed by atoms with van der Waals surface area (Å²) in [5.41, 5.74) is 0.0911. The van der Waals surface area contributed by atoms with Gasteiger partial charge in [-0.15, -0.1) is 0 Å². The minimum absolute atomic E-state index is 0.00602. The van der Waals surface area contributed by atoms with Crippen molar-refractivity contribution in [2.45, 2.75) is 13.8 Å². The zero-order chi connectivity index (χ0) is 12.8. The summed E-state index contributed by atoms with van der Waals surface area (Å²) in [6.45, 7) is 3.71. The average molecular weight is 244 g/mol. The molecule has 1 N–H and O–H groups in total. The number of hydrogen-bond acceptors (Lipinski definition) is 5. The van der Waals surface area contributed by atoms with E-state index in [1.165, 1.54) is 6.07 Å². The van der Waals surface area contributed by atoms with E-state index in [1.54, 1.807) is 13.8 Å². The van der Waals surface area contributed by atoms with Crippen LogP contribution in [0.25, 0.3) is 0 Å². The first-order chi connectivity index (χ1) is 8.13. The molecule has 0 saturated heterocycles. The van der Waals surface area contributed by atoms with E-state index in [0.717, 1.165) is 0 Å². The molecule has 0 amide bonds. The molecule has 0 unspecified atom stereocenters. The number of H-pyrrole nitrogens is 1. The molecule has 0 atom stereocenters. The number of aromatic nitrogens is 1. The molecule has 92 valence electrons. The van der Waals surface area contributed by atoms with Crippen molar-refractivity contribution in [1.29, 1.82) is 0 Å². The summed E-state index contributed by atoms with van der Waals surface area (Å²) < 4.78 is 9.50. The van der Waals surface area contributed by atoms with Crippen LogP contribution in [0.15, 0.2) is 6.07 Å². The van der Waals surface area contributed by atoms with Crippen molar-refractivity contribution in [3.63, 3.8) is 0 Å². The summed E-state index contributed by atoms with van der Waals surface area (Å²) in [6, 6.07) is 1.25. The normalized spacial score (nSPS) is 9.76. The Labute approximate surface area is 97.9 Å². The van der Waals surface area contributed by atoms with Crippen LogP contribution < -0.4 is 0 Å². The number of carbonyl (C=O) groups excluding carboxylic acids is 3. The zero-order valence-corrected chi connectivity index (χ0v) is 9.61. The lowest BCUT2D eigenvalue weighted by atomic mass is 10.5. The van der Waals surface area contributed by atoms with Crippen LogP contribution >= 0.6 is 0 Å². The van der Waals surface area contributed by atoms with E-state index in [0.29, 0.717) is 6.29 Å². The lowest BCUT2D eigenvalue weighted by molar-refractivity contribution is 0.0518. The Morgan fingerprint density at radius 2 is 1.82 bits per heavy atom. The predicted molar refractivity (Wildman–Crippen MR) is 58.1 cm³/mol. The maximum absolute atomic E-state index is 11.5. The molecular weight excluding hydrogens is 231 g/mol. The van der Waals surface area contributed by atoms with Crippen LogP contribution in [0.3, 0.4) is 0 Å². The minimum atomic E-state index is -0.651. The smallest absolute Gasteiger partial charge is 0.354 e. The second-order valence-corrected chi connectivity index (χ2v) is 3.07. The number of aldehydes is 1. The molecule has 6 nitrogen and oxygen atoms in total. The van der Waals surface area contributed by atoms with E-state index in [-0.39, 0.29) is 30.2 Å². The number of ether oxygens (including phenoxy) is 2. The second kappa shape index (κ2) is 5.83. The van der Waals surface area contributed by atoms with Gasteiger partial charge in [0.1, 0.15) is 5.69 Å². The van der Waals surface area contributed by atoms with Crippen LogP contribution in [-0.4, -0.2) is 36.4 Å². The Bertz CT molecular complexity index is 435. The number of nitrogens with one attached hydrogen (secondary N) is 1. The van der Waals surface area contributed by atoms with Crippen molar-refractivity contribution >= 4 is 18.2 Å². The zero-order valence-electron chi connectivity index (χ0n) is 9.61. The molecule has 17 heavy (non-hydrogen) atoms. The summed E-state index contributed by atoms with van der Waals surface area (Å²) in [4.78, 5) is 36.1. The fraction of sp³-hybridized carbons (Fsp3) is 0.364. The molecule has 0 aliphatic rings. The number of rotatable bonds is 5. The first kappa shape index (κ1) is 13.0. The van der Waals surface area contributed by atoms with E-state index in [2.05, 4.69) is 4.98 Å². The number of hydrogen-bond donors (Lipinski definition) is 1. The lowest BCUT2D eigenvalue weighted by Gasteiger charge is -1.98. The highest BCUT2D eigenvalue weighted by Gasteiger charge is 2.19. The topological polar surface area (TPSA) is 85.5 Å².